The molecule has 8 aromatic carbocycles. The third-order valence-corrected chi connectivity index (χ3v) is 18.9. The maximum Gasteiger partial charge on any atom is 0.0489 e. The molecule has 0 bridgehead atoms. The van der Waals surface area contributed by atoms with Gasteiger partial charge >= 0.3 is 0 Å². The number of rotatable bonds is 25. The highest BCUT2D eigenvalue weighted by molar-refractivity contribution is 6.26. The van der Waals surface area contributed by atoms with Crippen LogP contribution in [0.4, 0.5) is 0 Å². The van der Waals surface area contributed by atoms with Crippen molar-refractivity contribution in [3.05, 3.63) is 144 Å². The summed E-state index contributed by atoms with van der Waals surface area (Å²) in [5.74, 6) is 0. The number of aryl methyl sites for hydroxylation is 8. The Morgan fingerprint density at radius 1 is 0.231 bits per heavy atom. The quantitative estimate of drug-likeness (QED) is 0.0402. The Bertz CT molecular complexity index is 4130. The van der Waals surface area contributed by atoms with Crippen LogP contribution in [0.1, 0.15) is 166 Å². The van der Waals surface area contributed by atoms with E-state index in [1.54, 1.807) is 0 Å². The van der Waals surface area contributed by atoms with Gasteiger partial charge in [0.05, 0.1) is 0 Å². The minimum Gasteiger partial charge on any atom is -0.348 e. The first-order valence-electron chi connectivity index (χ1n) is 31.1. The Kier molecular flexibility index (Phi) is 15.4. The van der Waals surface area contributed by atoms with E-state index in [0.717, 1.165) is 32.2 Å². The molecule has 0 N–H and O–H groups in total. The second-order valence-corrected chi connectivity index (χ2v) is 23.9. The maximum absolute atomic E-state index is 2.71. The molecule has 4 aromatic heterocycles. The Labute approximate surface area is 464 Å². The Hall–Kier alpha value is -6.52. The van der Waals surface area contributed by atoms with Crippen LogP contribution < -0.4 is 0 Å². The van der Waals surface area contributed by atoms with E-state index in [2.05, 4.69) is 182 Å². The van der Waals surface area contributed by atoms with Crippen molar-refractivity contribution in [1.29, 1.82) is 0 Å². The van der Waals surface area contributed by atoms with Crippen LogP contribution >= 0.6 is 0 Å². The molecular formula is C74H86N4. The lowest BCUT2D eigenvalue weighted by atomic mass is 9.94. The van der Waals surface area contributed by atoms with Crippen molar-refractivity contribution in [2.45, 2.75) is 175 Å². The third-order valence-electron chi connectivity index (χ3n) is 18.9. The van der Waals surface area contributed by atoms with E-state index in [9.17, 15) is 0 Å². The lowest BCUT2D eigenvalue weighted by Crippen LogP contribution is -2.03. The summed E-state index contributed by atoms with van der Waals surface area (Å²) in [6.07, 6.45) is 29.2. The maximum atomic E-state index is 2.71. The molecule has 0 amide bonds. The van der Waals surface area contributed by atoms with E-state index in [0.29, 0.717) is 0 Å². The molecule has 0 aliphatic carbocycles. The van der Waals surface area contributed by atoms with E-state index in [1.807, 2.05) is 0 Å². The smallest absolute Gasteiger partial charge is 0.0489 e. The molecule has 12 rings (SSSR count). The number of fused-ring (bicyclic) bond motifs is 18. The molecule has 0 aliphatic rings. The molecule has 4 heteroatoms. The summed E-state index contributed by atoms with van der Waals surface area (Å²) >= 11 is 0. The van der Waals surface area contributed by atoms with Gasteiger partial charge in [-0.15, -0.1) is 0 Å². The van der Waals surface area contributed by atoms with Gasteiger partial charge in [-0.25, -0.2) is 0 Å². The zero-order valence-corrected chi connectivity index (χ0v) is 48.3. The predicted molar refractivity (Wildman–Crippen MR) is 342 cm³/mol. The van der Waals surface area contributed by atoms with E-state index >= 15 is 0 Å². The second-order valence-electron chi connectivity index (χ2n) is 23.9. The van der Waals surface area contributed by atoms with Crippen LogP contribution in [0.25, 0.3) is 108 Å². The molecule has 4 heterocycles. The van der Waals surface area contributed by atoms with E-state index in [1.165, 1.54) is 253 Å². The van der Waals surface area contributed by atoms with Gasteiger partial charge in [-0.3, -0.25) is 0 Å². The first-order chi connectivity index (χ1) is 38.4. The average Bonchev–Trinajstić information content (AvgIpc) is 4.36. The van der Waals surface area contributed by atoms with Crippen LogP contribution in [-0.4, -0.2) is 18.3 Å². The lowest BCUT2D eigenvalue weighted by molar-refractivity contribution is 0.544. The summed E-state index contributed by atoms with van der Waals surface area (Å²) in [6.45, 7) is 8.03. The number of hydrogen-bond acceptors (Lipinski definition) is 0. The van der Waals surface area contributed by atoms with Crippen molar-refractivity contribution in [3.8, 4) is 0 Å². The Morgan fingerprint density at radius 3 is 0.808 bits per heavy atom. The Balaban J connectivity index is 0.705. The lowest BCUT2D eigenvalue weighted by Gasteiger charge is -2.12. The average molecular weight is 1030 g/mol. The first-order valence-corrected chi connectivity index (χ1v) is 31.1. The second kappa shape index (κ2) is 23.1. The summed E-state index contributed by atoms with van der Waals surface area (Å²) in [6, 6.07) is 48.4. The topological polar surface area (TPSA) is 19.7 Å². The van der Waals surface area contributed by atoms with Gasteiger partial charge in [0, 0.05) is 94.1 Å². The summed E-state index contributed by atoms with van der Waals surface area (Å²) < 4.78 is 10.1. The van der Waals surface area contributed by atoms with Crippen LogP contribution in [0.3, 0.4) is 0 Å². The minimum atomic E-state index is 1.11. The summed E-state index contributed by atoms with van der Waals surface area (Å²) in [5.41, 5.74) is 11.4. The predicted octanol–water partition coefficient (Wildman–Crippen LogP) is 21.4. The van der Waals surface area contributed by atoms with Gasteiger partial charge in [0.15, 0.2) is 0 Å². The zero-order chi connectivity index (χ0) is 53.3. The fourth-order valence-corrected chi connectivity index (χ4v) is 14.3. The Morgan fingerprint density at radius 2 is 0.462 bits per heavy atom. The summed E-state index contributed by atoms with van der Waals surface area (Å²) in [5, 5.41) is 22.1. The number of benzene rings is 8. The van der Waals surface area contributed by atoms with Gasteiger partial charge in [-0.1, -0.05) is 183 Å². The van der Waals surface area contributed by atoms with Gasteiger partial charge < -0.3 is 18.3 Å². The molecular weight excluding hydrogens is 945 g/mol. The molecule has 0 fully saturated rings. The van der Waals surface area contributed by atoms with Gasteiger partial charge in [0.2, 0.25) is 0 Å². The fraction of sp³-hybridized carbons (Fsp3) is 0.405. The van der Waals surface area contributed by atoms with Gasteiger partial charge in [-0.05, 0) is 171 Å². The third kappa shape index (κ3) is 9.68. The number of hydrogen-bond donors (Lipinski definition) is 0. The number of aromatic nitrogens is 4. The van der Waals surface area contributed by atoms with Crippen LogP contribution in [0.5, 0.6) is 0 Å². The SMILES string of the molecule is CCCCCCCc1cc2c3ccc4c(ccc5c4ccc4c5cc(CCCCCCCCn5c(CCCCCC)cc6c7ccc8c(ccc9c8ccc8c9cc(CCCCCC)n8C)c7ccc65)n4C)c3ccc2n1C. The standard InChI is InChI=1S/C74H86N4/c1-7-10-13-18-23-27-52-48-68-63-34-30-56-55(59(63)38-43-72(68)76(52)5)31-35-64-60(56)39-44-73-69(64)49-53(77(73)6)28-24-19-16-17-20-25-46-78-54(29-22-15-12-9-3)50-70-66-37-33-57-58(62(66)41-45-74(70)78)32-36-65-61(57)40-42-71-67(65)47-51(75(71)4)26-21-14-11-8-2/h30-45,47-50H,7-29,46H2,1-6H3. The van der Waals surface area contributed by atoms with Crippen LogP contribution in [0.15, 0.2) is 121 Å². The molecule has 78 heavy (non-hydrogen) atoms. The number of nitrogens with zero attached hydrogens (tertiary/aromatic N) is 4. The minimum absolute atomic E-state index is 1.11. The van der Waals surface area contributed by atoms with Crippen molar-refractivity contribution in [2.24, 2.45) is 21.1 Å². The molecule has 0 unspecified atom stereocenters. The van der Waals surface area contributed by atoms with Crippen molar-refractivity contribution >= 4 is 108 Å². The largest absolute Gasteiger partial charge is 0.348 e. The molecule has 402 valence electrons. The molecule has 0 radical (unpaired) electrons. The van der Waals surface area contributed by atoms with E-state index < -0.39 is 0 Å². The van der Waals surface area contributed by atoms with Crippen molar-refractivity contribution in [1.82, 2.24) is 18.3 Å². The highest BCUT2D eigenvalue weighted by Crippen LogP contribution is 2.41. The van der Waals surface area contributed by atoms with Crippen LogP contribution in [-0.2, 0) is 53.4 Å². The zero-order valence-electron chi connectivity index (χ0n) is 48.3. The normalized spacial score (nSPS) is 12.4. The van der Waals surface area contributed by atoms with Crippen molar-refractivity contribution in [3.63, 3.8) is 0 Å². The monoisotopic (exact) mass is 1030 g/mol. The molecule has 0 spiro atoms. The summed E-state index contributed by atoms with van der Waals surface area (Å²) in [4.78, 5) is 0. The molecule has 0 aliphatic heterocycles. The highest BCUT2D eigenvalue weighted by Gasteiger charge is 2.18. The highest BCUT2D eigenvalue weighted by atomic mass is 15.0. The molecule has 4 nitrogen and oxygen atoms in total. The van der Waals surface area contributed by atoms with E-state index in [4.69, 9.17) is 0 Å². The molecule has 0 saturated heterocycles. The molecule has 0 atom stereocenters. The van der Waals surface area contributed by atoms with Gasteiger partial charge in [-0.2, -0.15) is 0 Å². The van der Waals surface area contributed by atoms with Crippen molar-refractivity contribution in [2.75, 3.05) is 0 Å². The van der Waals surface area contributed by atoms with E-state index in [-0.39, 0.29) is 0 Å². The van der Waals surface area contributed by atoms with Gasteiger partial charge in [0.1, 0.15) is 0 Å². The van der Waals surface area contributed by atoms with Crippen molar-refractivity contribution < 1.29 is 0 Å². The molecule has 0 saturated carbocycles. The first kappa shape index (κ1) is 52.2. The molecule has 12 aromatic rings. The number of unbranched alkanes of at least 4 members (excludes halogenated alkanes) is 15. The van der Waals surface area contributed by atoms with Crippen LogP contribution in [0, 0.1) is 0 Å². The summed E-state index contributed by atoms with van der Waals surface area (Å²) in [7, 11) is 6.80. The van der Waals surface area contributed by atoms with Crippen LogP contribution in [0.2, 0.25) is 0 Å². The van der Waals surface area contributed by atoms with Gasteiger partial charge in [0.25, 0.3) is 0 Å². The fourth-order valence-electron chi connectivity index (χ4n) is 14.3.